The minimum Gasteiger partial charge on any atom is -0.480 e. The number of carbonyl (C=O) groups excluding carboxylic acids is 1. The molecule has 0 saturated heterocycles. The van der Waals surface area contributed by atoms with Gasteiger partial charge in [0.2, 0.25) is 0 Å². The number of carbonyl (C=O) groups is 2. The van der Waals surface area contributed by atoms with Crippen molar-refractivity contribution < 1.29 is 14.7 Å². The number of fused-ring (bicyclic) bond motifs is 1. The average Bonchev–Trinajstić information content (AvgIpc) is 2.95. The van der Waals surface area contributed by atoms with Crippen LogP contribution in [-0.2, 0) is 4.79 Å². The number of nitrogens with one attached hydrogen (secondary N) is 2. The highest BCUT2D eigenvalue weighted by molar-refractivity contribution is 6.00. The first-order chi connectivity index (χ1) is 10.1. The van der Waals surface area contributed by atoms with Gasteiger partial charge in [0.1, 0.15) is 5.54 Å². The third kappa shape index (κ3) is 2.51. The van der Waals surface area contributed by atoms with Gasteiger partial charge in [-0.05, 0) is 36.4 Å². The number of amides is 1. The zero-order valence-electron chi connectivity index (χ0n) is 11.7. The summed E-state index contributed by atoms with van der Waals surface area (Å²) in [4.78, 5) is 27.0. The average molecular weight is 286 g/mol. The number of aromatic nitrogens is 1. The summed E-state index contributed by atoms with van der Waals surface area (Å²) in [6.45, 7) is 0. The minimum absolute atomic E-state index is 0.323. The molecular weight excluding hydrogens is 268 g/mol. The monoisotopic (exact) mass is 286 g/mol. The molecule has 2 aromatic rings. The molecule has 0 unspecified atom stereocenters. The molecule has 110 valence electrons. The number of carboxylic acid groups (broad SMARTS) is 1. The second kappa shape index (κ2) is 5.24. The van der Waals surface area contributed by atoms with Crippen molar-refractivity contribution in [2.45, 2.75) is 37.6 Å². The lowest BCUT2D eigenvalue weighted by Crippen LogP contribution is -2.55. The van der Waals surface area contributed by atoms with Crippen molar-refractivity contribution in [2.75, 3.05) is 0 Å². The van der Waals surface area contributed by atoms with Crippen LogP contribution in [0.1, 0.15) is 42.5 Å². The lowest BCUT2D eigenvalue weighted by atomic mass is 9.81. The molecule has 0 atom stereocenters. The predicted molar refractivity (Wildman–Crippen MR) is 79.2 cm³/mol. The maximum atomic E-state index is 12.4. The Hall–Kier alpha value is -2.30. The molecule has 0 bridgehead atoms. The van der Waals surface area contributed by atoms with E-state index in [0.29, 0.717) is 18.4 Å². The van der Waals surface area contributed by atoms with E-state index in [-0.39, 0.29) is 5.91 Å². The van der Waals surface area contributed by atoms with Gasteiger partial charge < -0.3 is 15.4 Å². The molecule has 1 aliphatic carbocycles. The smallest absolute Gasteiger partial charge is 0.329 e. The van der Waals surface area contributed by atoms with E-state index in [1.807, 2.05) is 18.3 Å². The highest BCUT2D eigenvalue weighted by Gasteiger charge is 2.41. The molecule has 21 heavy (non-hydrogen) atoms. The summed E-state index contributed by atoms with van der Waals surface area (Å²) >= 11 is 0. The summed E-state index contributed by atoms with van der Waals surface area (Å²) in [5, 5.41) is 13.3. The van der Waals surface area contributed by atoms with E-state index in [1.165, 1.54) is 0 Å². The van der Waals surface area contributed by atoms with Crippen molar-refractivity contribution in [3.05, 3.63) is 36.0 Å². The standard InChI is InChI=1S/C16H18N2O3/c19-14(12-5-4-11-6-9-17-13(11)10-12)18-16(15(20)21)7-2-1-3-8-16/h4-6,9-10,17H,1-3,7-8H2,(H,18,19)(H,20,21). The molecule has 1 aromatic heterocycles. The van der Waals surface area contributed by atoms with Gasteiger partial charge in [-0.2, -0.15) is 0 Å². The van der Waals surface area contributed by atoms with Crippen LogP contribution >= 0.6 is 0 Å². The van der Waals surface area contributed by atoms with Crippen LogP contribution in [0.4, 0.5) is 0 Å². The summed E-state index contributed by atoms with van der Waals surface area (Å²) < 4.78 is 0. The van der Waals surface area contributed by atoms with E-state index in [0.717, 1.165) is 30.2 Å². The fourth-order valence-corrected chi connectivity index (χ4v) is 3.03. The molecule has 3 rings (SSSR count). The number of benzene rings is 1. The summed E-state index contributed by atoms with van der Waals surface area (Å²) in [6.07, 6.45) is 5.51. The van der Waals surface area contributed by atoms with Crippen LogP contribution in [0.3, 0.4) is 0 Å². The highest BCUT2D eigenvalue weighted by Crippen LogP contribution is 2.29. The van der Waals surface area contributed by atoms with E-state index in [1.54, 1.807) is 12.1 Å². The Morgan fingerprint density at radius 2 is 1.90 bits per heavy atom. The third-order valence-electron chi connectivity index (χ3n) is 4.29. The highest BCUT2D eigenvalue weighted by atomic mass is 16.4. The Kier molecular flexibility index (Phi) is 3.41. The Morgan fingerprint density at radius 1 is 1.14 bits per heavy atom. The van der Waals surface area contributed by atoms with Gasteiger partial charge in [0.25, 0.3) is 5.91 Å². The number of rotatable bonds is 3. The van der Waals surface area contributed by atoms with Crippen molar-refractivity contribution >= 4 is 22.8 Å². The topological polar surface area (TPSA) is 82.2 Å². The van der Waals surface area contributed by atoms with Gasteiger partial charge in [-0.15, -0.1) is 0 Å². The van der Waals surface area contributed by atoms with Gasteiger partial charge in [0.05, 0.1) is 0 Å². The largest absolute Gasteiger partial charge is 0.480 e. The molecule has 3 N–H and O–H groups in total. The Balaban J connectivity index is 1.85. The number of carboxylic acids is 1. The normalized spacial score (nSPS) is 17.5. The number of aromatic amines is 1. The molecule has 1 aliphatic rings. The Labute approximate surface area is 122 Å². The van der Waals surface area contributed by atoms with Crippen LogP contribution in [0.5, 0.6) is 0 Å². The van der Waals surface area contributed by atoms with E-state index in [4.69, 9.17) is 0 Å². The number of hydrogen-bond acceptors (Lipinski definition) is 2. The molecular formula is C16H18N2O3. The van der Waals surface area contributed by atoms with Crippen LogP contribution in [0.25, 0.3) is 10.9 Å². The summed E-state index contributed by atoms with van der Waals surface area (Å²) in [5.41, 5.74) is 0.242. The number of hydrogen-bond donors (Lipinski definition) is 3. The van der Waals surface area contributed by atoms with Crippen molar-refractivity contribution in [3.8, 4) is 0 Å². The molecule has 0 spiro atoms. The summed E-state index contributed by atoms with van der Waals surface area (Å²) in [5.74, 6) is -1.26. The van der Waals surface area contributed by atoms with Crippen molar-refractivity contribution in [1.29, 1.82) is 0 Å². The van der Waals surface area contributed by atoms with E-state index in [9.17, 15) is 14.7 Å². The van der Waals surface area contributed by atoms with Crippen LogP contribution in [-0.4, -0.2) is 27.5 Å². The molecule has 1 saturated carbocycles. The quantitative estimate of drug-likeness (QED) is 0.811. The van der Waals surface area contributed by atoms with E-state index < -0.39 is 11.5 Å². The molecule has 0 aliphatic heterocycles. The van der Waals surface area contributed by atoms with Crippen LogP contribution in [0, 0.1) is 0 Å². The molecule has 1 heterocycles. The molecule has 1 aromatic carbocycles. The third-order valence-corrected chi connectivity index (χ3v) is 4.29. The lowest BCUT2D eigenvalue weighted by Gasteiger charge is -2.34. The van der Waals surface area contributed by atoms with E-state index in [2.05, 4.69) is 10.3 Å². The minimum atomic E-state index is -1.11. The first kappa shape index (κ1) is 13.7. The molecule has 0 radical (unpaired) electrons. The van der Waals surface area contributed by atoms with Gasteiger partial charge in [0, 0.05) is 17.3 Å². The van der Waals surface area contributed by atoms with Crippen molar-refractivity contribution in [1.82, 2.24) is 10.3 Å². The molecule has 5 nitrogen and oxygen atoms in total. The summed E-state index contributed by atoms with van der Waals surface area (Å²) in [7, 11) is 0. The maximum Gasteiger partial charge on any atom is 0.329 e. The van der Waals surface area contributed by atoms with Gasteiger partial charge in [-0.1, -0.05) is 25.3 Å². The lowest BCUT2D eigenvalue weighted by molar-refractivity contribution is -0.145. The number of H-pyrrole nitrogens is 1. The Bertz CT molecular complexity index is 684. The first-order valence-corrected chi connectivity index (χ1v) is 7.24. The first-order valence-electron chi connectivity index (χ1n) is 7.24. The second-order valence-corrected chi connectivity index (χ2v) is 5.68. The fourth-order valence-electron chi connectivity index (χ4n) is 3.03. The van der Waals surface area contributed by atoms with Crippen LogP contribution in [0.2, 0.25) is 0 Å². The van der Waals surface area contributed by atoms with Gasteiger partial charge in [-0.3, -0.25) is 4.79 Å². The molecule has 5 heteroatoms. The zero-order chi connectivity index (χ0) is 14.9. The van der Waals surface area contributed by atoms with Crippen LogP contribution < -0.4 is 5.32 Å². The van der Waals surface area contributed by atoms with Gasteiger partial charge in [-0.25, -0.2) is 4.79 Å². The Morgan fingerprint density at radius 3 is 2.62 bits per heavy atom. The fraction of sp³-hybridized carbons (Fsp3) is 0.375. The van der Waals surface area contributed by atoms with Gasteiger partial charge in [0.15, 0.2) is 0 Å². The predicted octanol–water partition coefficient (Wildman–Crippen LogP) is 2.69. The molecule has 1 amide bonds. The van der Waals surface area contributed by atoms with E-state index >= 15 is 0 Å². The maximum absolute atomic E-state index is 12.4. The SMILES string of the molecule is O=C(NC1(C(=O)O)CCCCC1)c1ccc2cc[nH]c2c1. The summed E-state index contributed by atoms with van der Waals surface area (Å²) in [6, 6.07) is 7.26. The van der Waals surface area contributed by atoms with Gasteiger partial charge >= 0.3 is 5.97 Å². The zero-order valence-corrected chi connectivity index (χ0v) is 11.7. The van der Waals surface area contributed by atoms with Crippen molar-refractivity contribution in [2.24, 2.45) is 0 Å². The second-order valence-electron chi connectivity index (χ2n) is 5.68. The van der Waals surface area contributed by atoms with Crippen molar-refractivity contribution in [3.63, 3.8) is 0 Å². The van der Waals surface area contributed by atoms with Crippen LogP contribution in [0.15, 0.2) is 30.5 Å². The molecule has 1 fully saturated rings. The number of aliphatic carboxylic acids is 1.